The first-order valence-corrected chi connectivity index (χ1v) is 6.81. The molecule has 0 spiro atoms. The van der Waals surface area contributed by atoms with E-state index in [9.17, 15) is 20.1 Å². The van der Waals surface area contributed by atoms with Crippen molar-refractivity contribution in [2.75, 3.05) is 13.2 Å². The normalized spacial score (nSPS) is 34.0. The van der Waals surface area contributed by atoms with Gasteiger partial charge >= 0.3 is 0 Å². The monoisotopic (exact) mass is 292 g/mol. The van der Waals surface area contributed by atoms with Crippen molar-refractivity contribution in [2.45, 2.75) is 56.3 Å². The Balaban J connectivity index is 2.43. The third-order valence-corrected chi connectivity index (χ3v) is 3.30. The molecule has 8 heteroatoms. The molecule has 7 N–H and O–H groups in total. The van der Waals surface area contributed by atoms with Gasteiger partial charge in [-0.2, -0.15) is 0 Å². The maximum atomic E-state index is 11.7. The van der Waals surface area contributed by atoms with Crippen molar-refractivity contribution in [1.29, 1.82) is 0 Å². The summed E-state index contributed by atoms with van der Waals surface area (Å²) in [5, 5.41) is 40.3. The topological polar surface area (TPSA) is 145 Å². The van der Waals surface area contributed by atoms with Gasteiger partial charge in [0.05, 0.1) is 6.61 Å². The minimum atomic E-state index is -1.48. The molecule has 0 aliphatic carbocycles. The van der Waals surface area contributed by atoms with Crippen molar-refractivity contribution >= 4 is 5.91 Å². The SMILES string of the molecule is NCCCCCC(=O)N[C@@H]1OC(CO)[C@H](O)[C@H](O)C1O. The highest BCUT2D eigenvalue weighted by atomic mass is 16.6. The van der Waals surface area contributed by atoms with E-state index in [0.29, 0.717) is 13.0 Å². The third kappa shape index (κ3) is 4.65. The van der Waals surface area contributed by atoms with Crippen LogP contribution in [0.15, 0.2) is 0 Å². The fourth-order valence-electron chi connectivity index (χ4n) is 2.06. The predicted octanol–water partition coefficient (Wildman–Crippen LogP) is -2.58. The van der Waals surface area contributed by atoms with E-state index in [0.717, 1.165) is 12.8 Å². The lowest BCUT2D eigenvalue weighted by Crippen LogP contribution is -2.63. The van der Waals surface area contributed by atoms with Crippen molar-refractivity contribution in [2.24, 2.45) is 5.73 Å². The molecule has 1 aliphatic rings. The average Bonchev–Trinajstić information content (AvgIpc) is 2.44. The average molecular weight is 292 g/mol. The minimum absolute atomic E-state index is 0.259. The number of carbonyl (C=O) groups excluding carboxylic acids is 1. The molecule has 0 bridgehead atoms. The second-order valence-corrected chi connectivity index (χ2v) is 4.92. The smallest absolute Gasteiger partial charge is 0.222 e. The Kier molecular flexibility index (Phi) is 7.35. The van der Waals surface area contributed by atoms with E-state index >= 15 is 0 Å². The van der Waals surface area contributed by atoms with Gasteiger partial charge in [-0.1, -0.05) is 6.42 Å². The number of ether oxygens (including phenoxy) is 1. The summed E-state index contributed by atoms with van der Waals surface area (Å²) in [6.07, 6.45) is -3.91. The van der Waals surface area contributed by atoms with Crippen LogP contribution in [0.4, 0.5) is 0 Å². The highest BCUT2D eigenvalue weighted by Gasteiger charge is 2.43. The van der Waals surface area contributed by atoms with Gasteiger partial charge in [-0.3, -0.25) is 4.79 Å². The lowest BCUT2D eigenvalue weighted by molar-refractivity contribution is -0.236. The summed E-state index contributed by atoms with van der Waals surface area (Å²) in [6, 6.07) is 0. The number of unbranched alkanes of at least 4 members (excludes halogenated alkanes) is 2. The maximum Gasteiger partial charge on any atom is 0.222 e. The van der Waals surface area contributed by atoms with E-state index in [4.69, 9.17) is 15.6 Å². The molecule has 1 heterocycles. The second kappa shape index (κ2) is 8.50. The number of aliphatic hydroxyl groups is 4. The van der Waals surface area contributed by atoms with E-state index in [1.54, 1.807) is 0 Å². The molecule has 1 saturated heterocycles. The predicted molar refractivity (Wildman–Crippen MR) is 69.4 cm³/mol. The lowest BCUT2D eigenvalue weighted by Gasteiger charge is -2.40. The Labute approximate surface area is 117 Å². The van der Waals surface area contributed by atoms with E-state index in [-0.39, 0.29) is 12.3 Å². The molecule has 1 rings (SSSR count). The van der Waals surface area contributed by atoms with Crippen LogP contribution < -0.4 is 11.1 Å². The Bertz CT molecular complexity index is 302. The summed E-state index contributed by atoms with van der Waals surface area (Å²) in [6.45, 7) is 0.0577. The molecule has 5 atom stereocenters. The van der Waals surface area contributed by atoms with E-state index in [2.05, 4.69) is 5.32 Å². The molecule has 20 heavy (non-hydrogen) atoms. The van der Waals surface area contributed by atoms with E-state index in [1.165, 1.54) is 0 Å². The Morgan fingerprint density at radius 1 is 1.10 bits per heavy atom. The molecule has 0 aromatic carbocycles. The van der Waals surface area contributed by atoms with Crippen LogP contribution in [0.3, 0.4) is 0 Å². The quantitative estimate of drug-likeness (QED) is 0.283. The van der Waals surface area contributed by atoms with Gasteiger partial charge in [0.1, 0.15) is 24.4 Å². The zero-order valence-electron chi connectivity index (χ0n) is 11.3. The first kappa shape index (κ1) is 17.3. The van der Waals surface area contributed by atoms with Crippen molar-refractivity contribution < 1.29 is 30.0 Å². The van der Waals surface area contributed by atoms with Crippen molar-refractivity contribution in [3.63, 3.8) is 0 Å². The summed E-state index contributed by atoms with van der Waals surface area (Å²) in [5.74, 6) is -0.327. The Hall–Kier alpha value is -0.770. The molecule has 1 fully saturated rings. The molecule has 2 unspecified atom stereocenters. The fourth-order valence-corrected chi connectivity index (χ4v) is 2.06. The summed E-state index contributed by atoms with van der Waals surface area (Å²) >= 11 is 0. The van der Waals surface area contributed by atoms with Gasteiger partial charge < -0.3 is 36.2 Å². The van der Waals surface area contributed by atoms with Crippen molar-refractivity contribution in [3.8, 4) is 0 Å². The number of aliphatic hydroxyl groups excluding tert-OH is 4. The van der Waals surface area contributed by atoms with Crippen LogP contribution in [0.5, 0.6) is 0 Å². The Morgan fingerprint density at radius 3 is 2.40 bits per heavy atom. The van der Waals surface area contributed by atoms with Crippen LogP contribution in [0.2, 0.25) is 0 Å². The number of rotatable bonds is 7. The molecular formula is C12H24N2O6. The number of hydrogen-bond donors (Lipinski definition) is 6. The molecular weight excluding hydrogens is 268 g/mol. The maximum absolute atomic E-state index is 11.7. The number of nitrogens with two attached hydrogens (primary N) is 1. The standard InChI is InChI=1S/C12H24N2O6/c13-5-3-1-2-4-8(16)14-12-11(19)10(18)9(17)7(6-15)20-12/h7,9-12,15,17-19H,1-6,13H2,(H,14,16)/t7?,9-,10-,11?,12+/m0/s1. The molecule has 1 amide bonds. The van der Waals surface area contributed by atoms with E-state index < -0.39 is 37.3 Å². The molecule has 0 radical (unpaired) electrons. The van der Waals surface area contributed by atoms with Gasteiger partial charge in [-0.25, -0.2) is 0 Å². The van der Waals surface area contributed by atoms with Crippen LogP contribution in [0, 0.1) is 0 Å². The number of hydrogen-bond acceptors (Lipinski definition) is 7. The highest BCUT2D eigenvalue weighted by Crippen LogP contribution is 2.19. The van der Waals surface area contributed by atoms with Gasteiger partial charge in [0.15, 0.2) is 6.23 Å². The molecule has 1 aliphatic heterocycles. The fraction of sp³-hybridized carbons (Fsp3) is 0.917. The summed E-state index contributed by atoms with van der Waals surface area (Å²) < 4.78 is 5.17. The second-order valence-electron chi connectivity index (χ2n) is 4.92. The molecule has 0 saturated carbocycles. The Morgan fingerprint density at radius 2 is 1.80 bits per heavy atom. The van der Waals surface area contributed by atoms with Gasteiger partial charge in [0.2, 0.25) is 5.91 Å². The van der Waals surface area contributed by atoms with Gasteiger partial charge in [-0.15, -0.1) is 0 Å². The number of carbonyl (C=O) groups is 1. The zero-order valence-corrected chi connectivity index (χ0v) is 11.3. The summed E-state index contributed by atoms with van der Waals surface area (Å²) in [4.78, 5) is 11.7. The number of amides is 1. The molecule has 118 valence electrons. The van der Waals surface area contributed by atoms with Gasteiger partial charge in [0, 0.05) is 6.42 Å². The first-order valence-electron chi connectivity index (χ1n) is 6.81. The van der Waals surface area contributed by atoms with Crippen LogP contribution in [0.25, 0.3) is 0 Å². The third-order valence-electron chi connectivity index (χ3n) is 3.30. The lowest BCUT2D eigenvalue weighted by atomic mass is 9.98. The molecule has 0 aromatic rings. The largest absolute Gasteiger partial charge is 0.394 e. The van der Waals surface area contributed by atoms with Crippen LogP contribution in [-0.4, -0.2) is 70.1 Å². The summed E-state index contributed by atoms with van der Waals surface area (Å²) in [5.41, 5.74) is 5.34. The number of nitrogens with one attached hydrogen (secondary N) is 1. The van der Waals surface area contributed by atoms with Crippen LogP contribution >= 0.6 is 0 Å². The van der Waals surface area contributed by atoms with Crippen LogP contribution in [-0.2, 0) is 9.53 Å². The zero-order chi connectivity index (χ0) is 15.1. The highest BCUT2D eigenvalue weighted by molar-refractivity contribution is 5.76. The van der Waals surface area contributed by atoms with E-state index in [1.807, 2.05) is 0 Å². The summed E-state index contributed by atoms with van der Waals surface area (Å²) in [7, 11) is 0. The van der Waals surface area contributed by atoms with Gasteiger partial charge in [0.25, 0.3) is 0 Å². The van der Waals surface area contributed by atoms with Crippen LogP contribution in [0.1, 0.15) is 25.7 Å². The van der Waals surface area contributed by atoms with Crippen molar-refractivity contribution in [1.82, 2.24) is 5.32 Å². The first-order chi connectivity index (χ1) is 9.51. The molecule has 8 nitrogen and oxygen atoms in total. The molecule has 0 aromatic heterocycles. The van der Waals surface area contributed by atoms with Crippen molar-refractivity contribution in [3.05, 3.63) is 0 Å². The van der Waals surface area contributed by atoms with Gasteiger partial charge in [-0.05, 0) is 19.4 Å². The minimum Gasteiger partial charge on any atom is -0.394 e.